The summed E-state index contributed by atoms with van der Waals surface area (Å²) in [5.74, 6) is 1.40. The molecule has 96 valence electrons. The molecule has 0 saturated heterocycles. The maximum absolute atomic E-state index is 5.62. The van der Waals surface area contributed by atoms with E-state index in [1.54, 1.807) is 7.11 Å². The maximum atomic E-state index is 5.62. The SMILES string of the molecule is CCOC(COc1ccccc1OC)OCC. The second-order valence-electron chi connectivity index (χ2n) is 3.30. The average molecular weight is 240 g/mol. The summed E-state index contributed by atoms with van der Waals surface area (Å²) in [6.07, 6.45) is -0.338. The molecule has 0 heterocycles. The van der Waals surface area contributed by atoms with Crippen molar-refractivity contribution in [1.82, 2.24) is 0 Å². The Morgan fingerprint density at radius 3 is 2.12 bits per heavy atom. The lowest BCUT2D eigenvalue weighted by Crippen LogP contribution is -2.25. The lowest BCUT2D eigenvalue weighted by atomic mass is 10.3. The second-order valence-corrected chi connectivity index (χ2v) is 3.30. The van der Waals surface area contributed by atoms with Crippen LogP contribution in [0.25, 0.3) is 0 Å². The Balaban J connectivity index is 2.52. The van der Waals surface area contributed by atoms with Gasteiger partial charge in [0.15, 0.2) is 17.8 Å². The molecule has 1 aromatic carbocycles. The quantitative estimate of drug-likeness (QED) is 0.654. The molecular formula is C13H20O4. The van der Waals surface area contributed by atoms with Crippen LogP contribution in [0, 0.1) is 0 Å². The third-order valence-electron chi connectivity index (χ3n) is 2.15. The van der Waals surface area contributed by atoms with Gasteiger partial charge in [0.2, 0.25) is 0 Å². The van der Waals surface area contributed by atoms with Gasteiger partial charge in [0.05, 0.1) is 7.11 Å². The van der Waals surface area contributed by atoms with Crippen molar-refractivity contribution in [2.24, 2.45) is 0 Å². The summed E-state index contributed by atoms with van der Waals surface area (Å²) in [5.41, 5.74) is 0. The molecule has 0 aliphatic heterocycles. The second kappa shape index (κ2) is 7.92. The molecule has 0 N–H and O–H groups in total. The highest BCUT2D eigenvalue weighted by Gasteiger charge is 2.10. The van der Waals surface area contributed by atoms with E-state index in [-0.39, 0.29) is 6.29 Å². The summed E-state index contributed by atoms with van der Waals surface area (Å²) >= 11 is 0. The van der Waals surface area contributed by atoms with Gasteiger partial charge in [0.25, 0.3) is 0 Å². The fourth-order valence-electron chi connectivity index (χ4n) is 1.41. The van der Waals surface area contributed by atoms with Crippen LogP contribution >= 0.6 is 0 Å². The van der Waals surface area contributed by atoms with Crippen LogP contribution in [0.15, 0.2) is 24.3 Å². The summed E-state index contributed by atoms with van der Waals surface area (Å²) in [6, 6.07) is 7.50. The van der Waals surface area contributed by atoms with Gasteiger partial charge in [-0.15, -0.1) is 0 Å². The Hall–Kier alpha value is -1.26. The standard InChI is InChI=1S/C13H20O4/c1-4-15-13(16-5-2)10-17-12-9-7-6-8-11(12)14-3/h6-9,13H,4-5,10H2,1-3H3. The largest absolute Gasteiger partial charge is 0.493 e. The van der Waals surface area contributed by atoms with Crippen LogP contribution in [0.1, 0.15) is 13.8 Å². The zero-order valence-corrected chi connectivity index (χ0v) is 10.6. The predicted molar refractivity (Wildman–Crippen MR) is 65.5 cm³/mol. The van der Waals surface area contributed by atoms with Gasteiger partial charge in [-0.1, -0.05) is 12.1 Å². The first-order chi connectivity index (χ1) is 8.31. The van der Waals surface area contributed by atoms with Gasteiger partial charge in [-0.3, -0.25) is 0 Å². The van der Waals surface area contributed by atoms with E-state index < -0.39 is 0 Å². The number of methoxy groups -OCH3 is 1. The first-order valence-electron chi connectivity index (χ1n) is 5.80. The highest BCUT2D eigenvalue weighted by Crippen LogP contribution is 2.25. The fraction of sp³-hybridized carbons (Fsp3) is 0.538. The topological polar surface area (TPSA) is 36.9 Å². The molecule has 17 heavy (non-hydrogen) atoms. The summed E-state index contributed by atoms with van der Waals surface area (Å²) in [5, 5.41) is 0. The van der Waals surface area contributed by atoms with Crippen LogP contribution in [0.4, 0.5) is 0 Å². The van der Waals surface area contributed by atoms with Crippen LogP contribution in [0.3, 0.4) is 0 Å². The van der Waals surface area contributed by atoms with Gasteiger partial charge in [-0.25, -0.2) is 0 Å². The van der Waals surface area contributed by atoms with E-state index in [9.17, 15) is 0 Å². The number of para-hydroxylation sites is 2. The van der Waals surface area contributed by atoms with Crippen molar-refractivity contribution in [3.05, 3.63) is 24.3 Å². The molecule has 0 atom stereocenters. The Morgan fingerprint density at radius 1 is 1.00 bits per heavy atom. The lowest BCUT2D eigenvalue weighted by molar-refractivity contribution is -0.152. The summed E-state index contributed by atoms with van der Waals surface area (Å²) < 4.78 is 21.6. The molecule has 0 aliphatic rings. The van der Waals surface area contributed by atoms with Gasteiger partial charge in [0.1, 0.15) is 6.61 Å². The van der Waals surface area contributed by atoms with E-state index in [4.69, 9.17) is 18.9 Å². The van der Waals surface area contributed by atoms with E-state index >= 15 is 0 Å². The molecule has 0 amide bonds. The minimum absolute atomic E-state index is 0.338. The molecular weight excluding hydrogens is 220 g/mol. The first kappa shape index (κ1) is 13.8. The van der Waals surface area contributed by atoms with Crippen LogP contribution in [-0.4, -0.2) is 33.2 Å². The molecule has 1 aromatic rings. The Labute approximate surface area is 102 Å². The van der Waals surface area contributed by atoms with E-state index in [0.717, 1.165) is 0 Å². The monoisotopic (exact) mass is 240 g/mol. The van der Waals surface area contributed by atoms with Crippen LogP contribution in [0.5, 0.6) is 11.5 Å². The first-order valence-corrected chi connectivity index (χ1v) is 5.80. The predicted octanol–water partition coefficient (Wildman–Crippen LogP) is 2.47. The van der Waals surface area contributed by atoms with Gasteiger partial charge in [-0.2, -0.15) is 0 Å². The molecule has 0 saturated carbocycles. The number of hydrogen-bond donors (Lipinski definition) is 0. The number of benzene rings is 1. The smallest absolute Gasteiger partial charge is 0.191 e. The normalized spacial score (nSPS) is 10.6. The van der Waals surface area contributed by atoms with Gasteiger partial charge in [0, 0.05) is 13.2 Å². The highest BCUT2D eigenvalue weighted by atomic mass is 16.7. The number of hydrogen-bond acceptors (Lipinski definition) is 4. The summed E-state index contributed by atoms with van der Waals surface area (Å²) in [4.78, 5) is 0. The van der Waals surface area contributed by atoms with E-state index in [1.165, 1.54) is 0 Å². The Bertz CT molecular complexity index is 308. The van der Waals surface area contributed by atoms with Crippen molar-refractivity contribution in [1.29, 1.82) is 0 Å². The van der Waals surface area contributed by atoms with Crippen molar-refractivity contribution in [2.75, 3.05) is 26.9 Å². The molecule has 4 nitrogen and oxygen atoms in total. The Kier molecular flexibility index (Phi) is 6.43. The van der Waals surface area contributed by atoms with Crippen LogP contribution in [-0.2, 0) is 9.47 Å². The molecule has 0 bridgehead atoms. The molecule has 0 aliphatic carbocycles. The van der Waals surface area contributed by atoms with E-state index in [2.05, 4.69) is 0 Å². The molecule has 0 spiro atoms. The van der Waals surface area contributed by atoms with Gasteiger partial charge >= 0.3 is 0 Å². The summed E-state index contributed by atoms with van der Waals surface area (Å²) in [7, 11) is 1.62. The third kappa shape index (κ3) is 4.63. The summed E-state index contributed by atoms with van der Waals surface area (Å²) in [6.45, 7) is 5.40. The van der Waals surface area contributed by atoms with Crippen molar-refractivity contribution in [2.45, 2.75) is 20.1 Å². The molecule has 0 fully saturated rings. The molecule has 0 radical (unpaired) electrons. The fourth-order valence-corrected chi connectivity index (χ4v) is 1.41. The molecule has 0 aromatic heterocycles. The van der Waals surface area contributed by atoms with E-state index in [0.29, 0.717) is 31.3 Å². The zero-order valence-electron chi connectivity index (χ0n) is 10.6. The van der Waals surface area contributed by atoms with Crippen molar-refractivity contribution in [3.8, 4) is 11.5 Å². The third-order valence-corrected chi connectivity index (χ3v) is 2.15. The lowest BCUT2D eigenvalue weighted by Gasteiger charge is -2.18. The highest BCUT2D eigenvalue weighted by molar-refractivity contribution is 5.39. The maximum Gasteiger partial charge on any atom is 0.191 e. The molecule has 4 heteroatoms. The average Bonchev–Trinajstić information content (AvgIpc) is 2.37. The van der Waals surface area contributed by atoms with Gasteiger partial charge in [-0.05, 0) is 26.0 Å². The minimum Gasteiger partial charge on any atom is -0.493 e. The van der Waals surface area contributed by atoms with Crippen molar-refractivity contribution in [3.63, 3.8) is 0 Å². The van der Waals surface area contributed by atoms with Gasteiger partial charge < -0.3 is 18.9 Å². The number of ether oxygens (including phenoxy) is 4. The van der Waals surface area contributed by atoms with Crippen LogP contribution in [0.2, 0.25) is 0 Å². The van der Waals surface area contributed by atoms with E-state index in [1.807, 2.05) is 38.1 Å². The van der Waals surface area contributed by atoms with Crippen LogP contribution < -0.4 is 9.47 Å². The van der Waals surface area contributed by atoms with Crippen molar-refractivity contribution < 1.29 is 18.9 Å². The molecule has 1 rings (SSSR count). The minimum atomic E-state index is -0.338. The number of rotatable bonds is 8. The van der Waals surface area contributed by atoms with Crippen molar-refractivity contribution >= 4 is 0 Å². The Morgan fingerprint density at radius 2 is 1.59 bits per heavy atom. The zero-order chi connectivity index (χ0) is 12.5. The molecule has 0 unspecified atom stereocenters.